The average molecular weight is 626 g/mol. The van der Waals surface area contributed by atoms with Gasteiger partial charge in [0.05, 0.1) is 22.5 Å². The lowest BCUT2D eigenvalue weighted by Crippen LogP contribution is -2.36. The standard InChI is InChI=1S/C34H38F3N3O3S/c1-24(23-40-18-6-3-7-19-40)26-16-17-30-27(20-26)12-8-15-31(30)38-33(41)22-32(25-10-4-2-5-11-25)39-44(42,43)29-14-9-13-28(21-29)34(35,36)37/h2,4-5,9-11,13-14,16-17,20-21,31-32,39H,1,3,6-8,12,15,18-19,22-23H2,(H,38,41)/t31-,32-/m1/s1. The second-order valence-corrected chi connectivity index (χ2v) is 13.4. The first-order valence-electron chi connectivity index (χ1n) is 15.1. The number of rotatable bonds is 10. The lowest BCUT2D eigenvalue weighted by Gasteiger charge is -2.29. The van der Waals surface area contributed by atoms with Gasteiger partial charge in [-0.2, -0.15) is 13.2 Å². The van der Waals surface area contributed by atoms with Crippen LogP contribution in [0.3, 0.4) is 0 Å². The van der Waals surface area contributed by atoms with Gasteiger partial charge in [-0.05, 0) is 91.2 Å². The van der Waals surface area contributed by atoms with Gasteiger partial charge in [0.2, 0.25) is 15.9 Å². The van der Waals surface area contributed by atoms with Gasteiger partial charge in [0.15, 0.2) is 0 Å². The first kappa shape index (κ1) is 31.9. The van der Waals surface area contributed by atoms with Gasteiger partial charge in [0, 0.05) is 13.0 Å². The number of nitrogens with zero attached hydrogens (tertiary/aromatic N) is 1. The molecule has 5 rings (SSSR count). The zero-order valence-electron chi connectivity index (χ0n) is 24.6. The van der Waals surface area contributed by atoms with E-state index in [0.717, 1.165) is 73.8 Å². The molecule has 2 N–H and O–H groups in total. The van der Waals surface area contributed by atoms with Gasteiger partial charge >= 0.3 is 6.18 Å². The normalized spacial score (nSPS) is 18.3. The van der Waals surface area contributed by atoms with E-state index in [2.05, 4.69) is 39.7 Å². The molecule has 1 aliphatic carbocycles. The van der Waals surface area contributed by atoms with E-state index in [0.29, 0.717) is 11.6 Å². The van der Waals surface area contributed by atoms with Gasteiger partial charge in [-0.3, -0.25) is 9.69 Å². The van der Waals surface area contributed by atoms with Crippen LogP contribution in [-0.4, -0.2) is 38.9 Å². The Kier molecular flexibility index (Phi) is 9.92. The molecular weight excluding hydrogens is 587 g/mol. The SMILES string of the molecule is C=C(CN1CCCCC1)c1ccc2c(c1)CCC[C@H]2NC(=O)C[C@@H](NS(=O)(=O)c1cccc(C(F)(F)F)c1)c1ccccc1. The topological polar surface area (TPSA) is 78.5 Å². The zero-order chi connectivity index (χ0) is 31.3. The van der Waals surface area contributed by atoms with Crippen LogP contribution in [0.25, 0.3) is 5.57 Å². The van der Waals surface area contributed by atoms with Crippen molar-refractivity contribution in [3.63, 3.8) is 0 Å². The van der Waals surface area contributed by atoms with Gasteiger partial charge in [-0.1, -0.05) is 67.6 Å². The van der Waals surface area contributed by atoms with Gasteiger partial charge in [-0.15, -0.1) is 0 Å². The molecule has 3 aromatic rings. The highest BCUT2D eigenvalue weighted by molar-refractivity contribution is 7.89. The highest BCUT2D eigenvalue weighted by atomic mass is 32.2. The molecule has 0 saturated carbocycles. The minimum atomic E-state index is -4.69. The largest absolute Gasteiger partial charge is 0.416 e. The Bertz CT molecular complexity index is 1590. The van der Waals surface area contributed by atoms with Crippen molar-refractivity contribution in [3.8, 4) is 0 Å². The van der Waals surface area contributed by atoms with Crippen molar-refractivity contribution in [2.75, 3.05) is 19.6 Å². The number of nitrogens with one attached hydrogen (secondary N) is 2. The molecule has 1 saturated heterocycles. The smallest absolute Gasteiger partial charge is 0.349 e. The van der Waals surface area contributed by atoms with Crippen molar-refractivity contribution >= 4 is 21.5 Å². The Morgan fingerprint density at radius 2 is 1.70 bits per heavy atom. The number of likely N-dealkylation sites (tertiary alicyclic amines) is 1. The fourth-order valence-electron chi connectivity index (χ4n) is 6.11. The maximum absolute atomic E-state index is 13.4. The summed E-state index contributed by atoms with van der Waals surface area (Å²) in [4.78, 5) is 15.3. The van der Waals surface area contributed by atoms with Crippen LogP contribution in [0.1, 0.15) is 78.4 Å². The number of sulfonamides is 1. The minimum Gasteiger partial charge on any atom is -0.349 e. The molecule has 0 aromatic heterocycles. The third kappa shape index (κ3) is 7.97. The third-order valence-corrected chi connectivity index (χ3v) is 9.89. The Labute approximate surface area is 257 Å². The van der Waals surface area contributed by atoms with Gasteiger partial charge in [0.25, 0.3) is 0 Å². The molecule has 2 atom stereocenters. The maximum atomic E-state index is 13.4. The number of piperidine rings is 1. The van der Waals surface area contributed by atoms with Gasteiger partial charge < -0.3 is 5.32 Å². The molecule has 1 fully saturated rings. The summed E-state index contributed by atoms with van der Waals surface area (Å²) in [5.41, 5.74) is 3.86. The molecule has 1 heterocycles. The number of fused-ring (bicyclic) bond motifs is 1. The maximum Gasteiger partial charge on any atom is 0.416 e. The van der Waals surface area contributed by atoms with E-state index in [1.807, 2.05) is 0 Å². The van der Waals surface area contributed by atoms with Crippen molar-refractivity contribution < 1.29 is 26.4 Å². The van der Waals surface area contributed by atoms with E-state index in [1.54, 1.807) is 30.3 Å². The predicted octanol–water partition coefficient (Wildman–Crippen LogP) is 6.81. The average Bonchev–Trinajstić information content (AvgIpc) is 3.01. The molecular formula is C34H38F3N3O3S. The van der Waals surface area contributed by atoms with Crippen molar-refractivity contribution in [1.29, 1.82) is 0 Å². The number of carbonyl (C=O) groups is 1. The van der Waals surface area contributed by atoms with Crippen molar-refractivity contribution in [1.82, 2.24) is 14.9 Å². The second-order valence-electron chi connectivity index (χ2n) is 11.7. The summed E-state index contributed by atoms with van der Waals surface area (Å²) in [6, 6.07) is 17.2. The van der Waals surface area contributed by atoms with Crippen molar-refractivity contribution in [3.05, 3.63) is 107 Å². The van der Waals surface area contributed by atoms with Crippen LogP contribution >= 0.6 is 0 Å². The molecule has 44 heavy (non-hydrogen) atoms. The molecule has 10 heteroatoms. The monoisotopic (exact) mass is 625 g/mol. The fraction of sp³-hybridized carbons (Fsp3) is 0.382. The molecule has 3 aromatic carbocycles. The summed E-state index contributed by atoms with van der Waals surface area (Å²) in [5.74, 6) is -0.359. The minimum absolute atomic E-state index is 0.223. The molecule has 0 spiro atoms. The third-order valence-electron chi connectivity index (χ3n) is 8.42. The van der Waals surface area contributed by atoms with Crippen molar-refractivity contribution in [2.24, 2.45) is 0 Å². The van der Waals surface area contributed by atoms with E-state index >= 15 is 0 Å². The second kappa shape index (κ2) is 13.7. The number of carbonyl (C=O) groups excluding carboxylic acids is 1. The predicted molar refractivity (Wildman–Crippen MR) is 165 cm³/mol. The number of amides is 1. The number of alkyl halides is 3. The van der Waals surface area contributed by atoms with Crippen LogP contribution in [0, 0.1) is 0 Å². The highest BCUT2D eigenvalue weighted by Gasteiger charge is 2.33. The molecule has 0 unspecified atom stereocenters. The van der Waals surface area contributed by atoms with Crippen LogP contribution < -0.4 is 10.0 Å². The number of benzene rings is 3. The Balaban J connectivity index is 1.30. The van der Waals surface area contributed by atoms with Crippen LogP contribution in [-0.2, 0) is 27.4 Å². The van der Waals surface area contributed by atoms with Crippen LogP contribution in [0.2, 0.25) is 0 Å². The highest BCUT2D eigenvalue weighted by Crippen LogP contribution is 2.33. The lowest BCUT2D eigenvalue weighted by molar-refractivity contribution is -0.137. The molecule has 0 bridgehead atoms. The van der Waals surface area contributed by atoms with Crippen LogP contribution in [0.15, 0.2) is 84.3 Å². The molecule has 6 nitrogen and oxygen atoms in total. The van der Waals surface area contributed by atoms with Gasteiger partial charge in [0.1, 0.15) is 0 Å². The van der Waals surface area contributed by atoms with Crippen molar-refractivity contribution in [2.45, 2.75) is 68.1 Å². The Morgan fingerprint density at radius 3 is 2.43 bits per heavy atom. The van der Waals surface area contributed by atoms with E-state index < -0.39 is 32.7 Å². The Morgan fingerprint density at radius 1 is 0.955 bits per heavy atom. The summed E-state index contributed by atoms with van der Waals surface area (Å²) in [5, 5.41) is 3.09. The van der Waals surface area contributed by atoms with E-state index in [1.165, 1.54) is 24.8 Å². The zero-order valence-corrected chi connectivity index (χ0v) is 25.4. The molecule has 2 aliphatic rings. The number of hydrogen-bond donors (Lipinski definition) is 2. The summed E-state index contributed by atoms with van der Waals surface area (Å²) >= 11 is 0. The fourth-order valence-corrected chi connectivity index (χ4v) is 7.38. The summed E-state index contributed by atoms with van der Waals surface area (Å²) in [7, 11) is -4.38. The van der Waals surface area contributed by atoms with Crippen LogP contribution in [0.5, 0.6) is 0 Å². The summed E-state index contributed by atoms with van der Waals surface area (Å²) in [6.45, 7) is 7.38. The van der Waals surface area contributed by atoms with E-state index in [9.17, 15) is 26.4 Å². The van der Waals surface area contributed by atoms with E-state index in [-0.39, 0.29) is 18.4 Å². The number of hydrogen-bond acceptors (Lipinski definition) is 4. The molecule has 1 amide bonds. The Hall–Kier alpha value is -3.47. The summed E-state index contributed by atoms with van der Waals surface area (Å²) in [6.07, 6.45) is 1.34. The van der Waals surface area contributed by atoms with Crippen LogP contribution in [0.4, 0.5) is 13.2 Å². The number of aryl methyl sites for hydroxylation is 1. The first-order chi connectivity index (χ1) is 21.0. The molecule has 0 radical (unpaired) electrons. The molecule has 234 valence electrons. The molecule has 1 aliphatic heterocycles. The van der Waals surface area contributed by atoms with E-state index in [4.69, 9.17) is 0 Å². The van der Waals surface area contributed by atoms with Gasteiger partial charge in [-0.25, -0.2) is 13.1 Å². The quantitative estimate of drug-likeness (QED) is 0.260. The number of halogens is 3. The first-order valence-corrected chi connectivity index (χ1v) is 16.5. The lowest BCUT2D eigenvalue weighted by atomic mass is 9.85. The summed E-state index contributed by atoms with van der Waals surface area (Å²) < 4.78 is 68.7.